The summed E-state index contributed by atoms with van der Waals surface area (Å²) in [6.07, 6.45) is 5.93. The Balaban J connectivity index is 1.89. The van der Waals surface area contributed by atoms with E-state index in [1.165, 1.54) is 0 Å². The fourth-order valence-corrected chi connectivity index (χ4v) is 2.15. The first-order valence-corrected chi connectivity index (χ1v) is 6.33. The predicted molar refractivity (Wildman–Crippen MR) is 73.1 cm³/mol. The molecule has 0 amide bonds. The Bertz CT molecular complexity index is 700. The van der Waals surface area contributed by atoms with Crippen molar-refractivity contribution in [3.8, 4) is 11.4 Å². The lowest BCUT2D eigenvalue weighted by Crippen LogP contribution is -2.03. The first kappa shape index (κ1) is 11.9. The van der Waals surface area contributed by atoms with Crippen LogP contribution in [-0.4, -0.2) is 19.7 Å². The van der Waals surface area contributed by atoms with Crippen molar-refractivity contribution in [3.63, 3.8) is 0 Å². The minimum Gasteiger partial charge on any atom is -0.469 e. The van der Waals surface area contributed by atoms with Crippen molar-refractivity contribution in [1.82, 2.24) is 19.7 Å². The summed E-state index contributed by atoms with van der Waals surface area (Å²) >= 11 is 5.27. The fourth-order valence-electron chi connectivity index (χ4n) is 1.92. The minimum atomic E-state index is 0.610. The normalized spacial score (nSPS) is 10.7. The number of aromatic nitrogens is 4. The monoisotopic (exact) mass is 272 g/mol. The number of aromatic amines is 1. The van der Waals surface area contributed by atoms with E-state index in [0.717, 1.165) is 30.1 Å². The largest absolute Gasteiger partial charge is 0.469 e. The van der Waals surface area contributed by atoms with Crippen molar-refractivity contribution in [2.45, 2.75) is 13.0 Å². The molecule has 3 aromatic rings. The van der Waals surface area contributed by atoms with Crippen LogP contribution in [0.2, 0.25) is 0 Å². The predicted octanol–water partition coefficient (Wildman–Crippen LogP) is 2.84. The topological polar surface area (TPSA) is 59.6 Å². The third kappa shape index (κ3) is 2.48. The standard InChI is InChI=1S/C13H12N4OS/c19-13-16-15-12(10-3-6-14-7-4-10)17(13)8-5-11-2-1-9-18-11/h1-4,6-7,9H,5,8H2,(H,16,19). The molecule has 3 aromatic heterocycles. The second-order valence-corrected chi connectivity index (χ2v) is 4.46. The van der Waals surface area contributed by atoms with E-state index in [1.54, 1.807) is 18.7 Å². The molecule has 6 heteroatoms. The summed E-state index contributed by atoms with van der Waals surface area (Å²) in [6, 6.07) is 7.66. The molecule has 96 valence electrons. The SMILES string of the molecule is S=c1[nH]nc(-c2ccncc2)n1CCc1ccco1. The molecule has 0 aliphatic heterocycles. The molecule has 0 aliphatic carbocycles. The van der Waals surface area contributed by atoms with Crippen molar-refractivity contribution < 1.29 is 4.42 Å². The maximum Gasteiger partial charge on any atom is 0.195 e. The van der Waals surface area contributed by atoms with E-state index in [0.29, 0.717) is 4.77 Å². The summed E-state index contributed by atoms with van der Waals surface area (Å²) in [4.78, 5) is 4.01. The Morgan fingerprint density at radius 1 is 1.26 bits per heavy atom. The number of H-pyrrole nitrogens is 1. The van der Waals surface area contributed by atoms with Gasteiger partial charge in [-0.25, -0.2) is 0 Å². The van der Waals surface area contributed by atoms with Crippen LogP contribution >= 0.6 is 12.2 Å². The number of aryl methyl sites for hydroxylation is 1. The molecule has 0 radical (unpaired) electrons. The van der Waals surface area contributed by atoms with Gasteiger partial charge in [0.15, 0.2) is 10.6 Å². The Hall–Kier alpha value is -2.21. The first-order valence-electron chi connectivity index (χ1n) is 5.92. The van der Waals surface area contributed by atoms with Gasteiger partial charge < -0.3 is 4.42 Å². The van der Waals surface area contributed by atoms with Gasteiger partial charge in [-0.1, -0.05) is 0 Å². The van der Waals surface area contributed by atoms with E-state index < -0.39 is 0 Å². The van der Waals surface area contributed by atoms with Crippen LogP contribution in [0.4, 0.5) is 0 Å². The van der Waals surface area contributed by atoms with Crippen LogP contribution < -0.4 is 0 Å². The lowest BCUT2D eigenvalue weighted by molar-refractivity contribution is 0.491. The summed E-state index contributed by atoms with van der Waals surface area (Å²) < 4.78 is 7.90. The van der Waals surface area contributed by atoms with Gasteiger partial charge in [0.05, 0.1) is 6.26 Å². The van der Waals surface area contributed by atoms with Crippen LogP contribution in [0.15, 0.2) is 47.3 Å². The van der Waals surface area contributed by atoms with Gasteiger partial charge in [0.1, 0.15) is 5.76 Å². The van der Waals surface area contributed by atoms with Gasteiger partial charge in [0.25, 0.3) is 0 Å². The van der Waals surface area contributed by atoms with Crippen molar-refractivity contribution >= 4 is 12.2 Å². The third-order valence-corrected chi connectivity index (χ3v) is 3.17. The molecular formula is C13H12N4OS. The van der Waals surface area contributed by atoms with Crippen LogP contribution in [0.5, 0.6) is 0 Å². The molecule has 0 fully saturated rings. The highest BCUT2D eigenvalue weighted by molar-refractivity contribution is 7.71. The van der Waals surface area contributed by atoms with E-state index in [2.05, 4.69) is 15.2 Å². The first-order chi connectivity index (χ1) is 9.34. The van der Waals surface area contributed by atoms with Crippen molar-refractivity contribution in [2.75, 3.05) is 0 Å². The highest BCUT2D eigenvalue weighted by Gasteiger charge is 2.09. The number of furan rings is 1. The molecule has 0 atom stereocenters. The van der Waals surface area contributed by atoms with Crippen molar-refractivity contribution in [1.29, 1.82) is 0 Å². The van der Waals surface area contributed by atoms with Crippen LogP contribution in [0.3, 0.4) is 0 Å². The smallest absolute Gasteiger partial charge is 0.195 e. The highest BCUT2D eigenvalue weighted by atomic mass is 32.1. The lowest BCUT2D eigenvalue weighted by atomic mass is 10.2. The zero-order valence-corrected chi connectivity index (χ0v) is 10.9. The van der Waals surface area contributed by atoms with Crippen molar-refractivity contribution in [2.24, 2.45) is 0 Å². The zero-order valence-electron chi connectivity index (χ0n) is 10.1. The minimum absolute atomic E-state index is 0.610. The Morgan fingerprint density at radius 3 is 2.84 bits per heavy atom. The third-order valence-electron chi connectivity index (χ3n) is 2.86. The van der Waals surface area contributed by atoms with Gasteiger partial charge in [0.2, 0.25) is 0 Å². The lowest BCUT2D eigenvalue weighted by Gasteiger charge is -2.05. The van der Waals surface area contributed by atoms with Gasteiger partial charge in [-0.15, -0.1) is 0 Å². The van der Waals surface area contributed by atoms with Crippen LogP contribution in [0.1, 0.15) is 5.76 Å². The molecule has 19 heavy (non-hydrogen) atoms. The number of pyridine rings is 1. The maximum atomic E-state index is 5.33. The quantitative estimate of drug-likeness (QED) is 0.742. The van der Waals surface area contributed by atoms with E-state index in [9.17, 15) is 0 Å². The summed E-state index contributed by atoms with van der Waals surface area (Å²) in [5, 5.41) is 7.10. The Kier molecular flexibility index (Phi) is 3.24. The summed E-state index contributed by atoms with van der Waals surface area (Å²) in [6.45, 7) is 0.723. The zero-order chi connectivity index (χ0) is 13.1. The summed E-state index contributed by atoms with van der Waals surface area (Å²) in [5.41, 5.74) is 0.988. The average molecular weight is 272 g/mol. The number of hydrogen-bond acceptors (Lipinski definition) is 4. The molecule has 0 bridgehead atoms. The molecule has 0 spiro atoms. The molecule has 3 rings (SSSR count). The molecule has 0 unspecified atom stereocenters. The van der Waals surface area contributed by atoms with Crippen molar-refractivity contribution in [3.05, 3.63) is 53.5 Å². The molecule has 3 heterocycles. The van der Waals surface area contributed by atoms with Crippen LogP contribution in [0.25, 0.3) is 11.4 Å². The summed E-state index contributed by atoms with van der Waals surface area (Å²) in [5.74, 6) is 1.75. The van der Waals surface area contributed by atoms with Crippen LogP contribution in [0, 0.1) is 4.77 Å². The molecule has 0 saturated carbocycles. The molecule has 1 N–H and O–H groups in total. The van der Waals surface area contributed by atoms with E-state index in [4.69, 9.17) is 16.6 Å². The van der Waals surface area contributed by atoms with E-state index in [1.807, 2.05) is 28.8 Å². The Labute approximate surface area is 114 Å². The highest BCUT2D eigenvalue weighted by Crippen LogP contribution is 2.16. The fraction of sp³-hybridized carbons (Fsp3) is 0.154. The maximum absolute atomic E-state index is 5.33. The molecule has 0 saturated heterocycles. The number of nitrogens with zero attached hydrogens (tertiary/aromatic N) is 3. The summed E-state index contributed by atoms with van der Waals surface area (Å²) in [7, 11) is 0. The van der Waals surface area contributed by atoms with Crippen LogP contribution in [-0.2, 0) is 13.0 Å². The average Bonchev–Trinajstić information content (AvgIpc) is 3.07. The number of rotatable bonds is 4. The number of nitrogens with one attached hydrogen (secondary N) is 1. The number of hydrogen-bond donors (Lipinski definition) is 1. The van der Waals surface area contributed by atoms with E-state index >= 15 is 0 Å². The van der Waals surface area contributed by atoms with Gasteiger partial charge >= 0.3 is 0 Å². The van der Waals surface area contributed by atoms with Gasteiger partial charge in [-0.3, -0.25) is 14.6 Å². The molecule has 0 aliphatic rings. The van der Waals surface area contributed by atoms with Gasteiger partial charge in [-0.2, -0.15) is 5.10 Å². The van der Waals surface area contributed by atoms with E-state index in [-0.39, 0.29) is 0 Å². The molecule has 5 nitrogen and oxygen atoms in total. The Morgan fingerprint density at radius 2 is 2.11 bits per heavy atom. The second kappa shape index (κ2) is 5.19. The van der Waals surface area contributed by atoms with Gasteiger partial charge in [-0.05, 0) is 36.5 Å². The second-order valence-electron chi connectivity index (χ2n) is 4.07. The molecular weight excluding hydrogens is 260 g/mol. The van der Waals surface area contributed by atoms with Gasteiger partial charge in [0, 0.05) is 30.9 Å². The molecule has 0 aromatic carbocycles.